The van der Waals surface area contributed by atoms with Crippen molar-refractivity contribution in [3.05, 3.63) is 69.0 Å². The van der Waals surface area contributed by atoms with E-state index in [2.05, 4.69) is 10.00 Å². The zero-order valence-electron chi connectivity index (χ0n) is 17.6. The van der Waals surface area contributed by atoms with Crippen LogP contribution in [-0.2, 0) is 24.3 Å². The monoisotopic (exact) mass is 423 g/mol. The molecule has 31 heavy (non-hydrogen) atoms. The van der Waals surface area contributed by atoms with Gasteiger partial charge in [-0.15, -0.1) is 0 Å². The van der Waals surface area contributed by atoms with E-state index in [1.165, 1.54) is 23.6 Å². The predicted molar refractivity (Wildman–Crippen MR) is 114 cm³/mol. The molecule has 1 atom stereocenters. The number of halogens is 1. The highest BCUT2D eigenvalue weighted by Gasteiger charge is 2.28. The van der Waals surface area contributed by atoms with E-state index in [4.69, 9.17) is 4.98 Å². The van der Waals surface area contributed by atoms with Gasteiger partial charge in [-0.2, -0.15) is 0 Å². The number of benzene rings is 1. The Bertz CT molecular complexity index is 1180. The lowest BCUT2D eigenvalue weighted by Crippen LogP contribution is -2.39. The van der Waals surface area contributed by atoms with Crippen LogP contribution in [0.1, 0.15) is 54.7 Å². The van der Waals surface area contributed by atoms with Gasteiger partial charge in [-0.3, -0.25) is 19.6 Å². The van der Waals surface area contributed by atoms with Crippen LogP contribution in [0.25, 0.3) is 5.65 Å². The van der Waals surface area contributed by atoms with Crippen molar-refractivity contribution >= 4 is 11.6 Å². The lowest BCUT2D eigenvalue weighted by molar-refractivity contribution is -0.129. The maximum atomic E-state index is 13.3. The van der Waals surface area contributed by atoms with E-state index in [1.54, 1.807) is 4.90 Å². The van der Waals surface area contributed by atoms with Crippen molar-refractivity contribution in [3.8, 4) is 0 Å². The Morgan fingerprint density at radius 1 is 1.23 bits per heavy atom. The zero-order valence-corrected chi connectivity index (χ0v) is 17.6. The molecule has 1 fully saturated rings. The average Bonchev–Trinajstić information content (AvgIpc) is 3.20. The Kier molecular flexibility index (Phi) is 5.09. The van der Waals surface area contributed by atoms with Crippen molar-refractivity contribution < 1.29 is 9.18 Å². The first-order chi connectivity index (χ1) is 15.0. The molecule has 1 N–H and O–H groups in total. The molecule has 0 radical (unpaired) electrons. The van der Waals surface area contributed by atoms with Crippen LogP contribution < -0.4 is 5.56 Å². The third-order valence-corrected chi connectivity index (χ3v) is 6.50. The molecule has 2 aliphatic rings. The number of H-pyrrole nitrogens is 1. The summed E-state index contributed by atoms with van der Waals surface area (Å²) in [6.45, 7) is 4.11. The molecular formula is C23H26FN5O2. The summed E-state index contributed by atoms with van der Waals surface area (Å²) in [5, 5.41) is 3.29. The van der Waals surface area contributed by atoms with Crippen molar-refractivity contribution in [1.29, 1.82) is 0 Å². The molecule has 2 aliphatic heterocycles. The average molecular weight is 423 g/mol. The third-order valence-electron chi connectivity index (χ3n) is 6.50. The van der Waals surface area contributed by atoms with E-state index in [0.717, 1.165) is 49.3 Å². The first-order valence-corrected chi connectivity index (χ1v) is 10.9. The van der Waals surface area contributed by atoms with E-state index in [9.17, 15) is 14.0 Å². The molecule has 3 aromatic rings. The standard InChI is InChI=1S/C23H26FN5O2/c1-15(30)27-11-9-19-18(14-27)23(31)29-22(25-19)12-20(26-29)21-4-2-3-10-28(21)13-16-5-7-17(24)8-6-16/h5-8,12,21,26H,2-4,9-11,13-14H2,1H3. The maximum Gasteiger partial charge on any atom is 0.277 e. The molecule has 5 rings (SSSR count). The highest BCUT2D eigenvalue weighted by molar-refractivity contribution is 5.73. The lowest BCUT2D eigenvalue weighted by Gasteiger charge is -2.35. The predicted octanol–water partition coefficient (Wildman–Crippen LogP) is 2.79. The Hall–Kier alpha value is -3.00. The number of carbonyl (C=O) groups is 1. The quantitative estimate of drug-likeness (QED) is 0.703. The number of carbonyl (C=O) groups excluding carboxylic acids is 1. The Morgan fingerprint density at radius 2 is 2.03 bits per heavy atom. The van der Waals surface area contributed by atoms with Gasteiger partial charge in [-0.25, -0.2) is 13.9 Å². The van der Waals surface area contributed by atoms with Crippen molar-refractivity contribution in [2.24, 2.45) is 0 Å². The van der Waals surface area contributed by atoms with Crippen molar-refractivity contribution in [1.82, 2.24) is 24.4 Å². The molecule has 8 heteroatoms. The summed E-state index contributed by atoms with van der Waals surface area (Å²) in [5.74, 6) is -0.256. The normalized spacial score (nSPS) is 19.5. The highest BCUT2D eigenvalue weighted by Crippen LogP contribution is 2.32. The van der Waals surface area contributed by atoms with Crippen LogP contribution in [0, 0.1) is 5.82 Å². The van der Waals surface area contributed by atoms with Gasteiger partial charge in [0.1, 0.15) is 5.82 Å². The van der Waals surface area contributed by atoms with E-state index in [1.807, 2.05) is 18.2 Å². The molecule has 0 aliphatic carbocycles. The van der Waals surface area contributed by atoms with E-state index < -0.39 is 0 Å². The van der Waals surface area contributed by atoms with Crippen molar-refractivity contribution in [3.63, 3.8) is 0 Å². The number of piperidine rings is 1. The maximum absolute atomic E-state index is 13.3. The number of rotatable bonds is 3. The van der Waals surface area contributed by atoms with Crippen LogP contribution in [0.15, 0.2) is 35.1 Å². The number of hydrogen-bond acceptors (Lipinski definition) is 4. The summed E-state index contributed by atoms with van der Waals surface area (Å²) in [7, 11) is 0. The topological polar surface area (TPSA) is 73.7 Å². The minimum absolute atomic E-state index is 0.0269. The van der Waals surface area contributed by atoms with Crippen LogP contribution in [0.2, 0.25) is 0 Å². The molecule has 1 unspecified atom stereocenters. The Balaban J connectivity index is 1.47. The summed E-state index contributed by atoms with van der Waals surface area (Å²) < 4.78 is 14.8. The van der Waals surface area contributed by atoms with E-state index >= 15 is 0 Å². The highest BCUT2D eigenvalue weighted by atomic mass is 19.1. The molecular weight excluding hydrogens is 397 g/mol. The van der Waals surface area contributed by atoms with Gasteiger partial charge in [-0.05, 0) is 37.1 Å². The fourth-order valence-corrected chi connectivity index (χ4v) is 4.80. The molecule has 1 saturated heterocycles. The summed E-state index contributed by atoms with van der Waals surface area (Å²) in [4.78, 5) is 33.7. The molecule has 7 nitrogen and oxygen atoms in total. The van der Waals surface area contributed by atoms with Crippen LogP contribution in [0.3, 0.4) is 0 Å². The minimum Gasteiger partial charge on any atom is -0.338 e. The van der Waals surface area contributed by atoms with E-state index in [-0.39, 0.29) is 23.3 Å². The first-order valence-electron chi connectivity index (χ1n) is 10.9. The molecule has 1 amide bonds. The summed E-state index contributed by atoms with van der Waals surface area (Å²) in [6, 6.07) is 8.77. The summed E-state index contributed by atoms with van der Waals surface area (Å²) in [6.07, 6.45) is 3.82. The third kappa shape index (κ3) is 3.76. The van der Waals surface area contributed by atoms with Crippen LogP contribution in [-0.4, -0.2) is 43.4 Å². The van der Waals surface area contributed by atoms with Gasteiger partial charge in [-0.1, -0.05) is 18.6 Å². The van der Waals surface area contributed by atoms with Crippen LogP contribution >= 0.6 is 0 Å². The molecule has 0 saturated carbocycles. The lowest BCUT2D eigenvalue weighted by atomic mass is 9.98. The molecule has 1 aromatic carbocycles. The fraction of sp³-hybridized carbons (Fsp3) is 0.435. The van der Waals surface area contributed by atoms with Crippen molar-refractivity contribution in [2.45, 2.75) is 51.7 Å². The van der Waals surface area contributed by atoms with Gasteiger partial charge in [0.25, 0.3) is 5.56 Å². The Labute approximate surface area is 179 Å². The smallest absolute Gasteiger partial charge is 0.277 e. The van der Waals surface area contributed by atoms with Gasteiger partial charge < -0.3 is 4.90 Å². The van der Waals surface area contributed by atoms with Crippen LogP contribution in [0.4, 0.5) is 4.39 Å². The molecule has 4 heterocycles. The number of nitrogens with zero attached hydrogens (tertiary/aromatic N) is 4. The largest absolute Gasteiger partial charge is 0.338 e. The van der Waals surface area contributed by atoms with Crippen LogP contribution in [0.5, 0.6) is 0 Å². The molecule has 0 bridgehead atoms. The molecule has 0 spiro atoms. The Morgan fingerprint density at radius 3 is 2.81 bits per heavy atom. The number of amides is 1. The molecule has 162 valence electrons. The number of hydrogen-bond donors (Lipinski definition) is 1. The SMILES string of the molecule is CC(=O)N1CCc2nc3cc(C4CCCCN4Cc4ccc(F)cc4)[nH]n3c(=O)c2C1. The van der Waals surface area contributed by atoms with Gasteiger partial charge in [0, 0.05) is 32.5 Å². The number of nitrogens with one attached hydrogen (secondary N) is 1. The number of fused-ring (bicyclic) bond motifs is 2. The second-order valence-corrected chi connectivity index (χ2v) is 8.55. The van der Waals surface area contributed by atoms with Gasteiger partial charge in [0.2, 0.25) is 5.91 Å². The fourth-order valence-electron chi connectivity index (χ4n) is 4.80. The second kappa shape index (κ2) is 7.92. The first kappa shape index (κ1) is 19.9. The molecule has 2 aromatic heterocycles. The summed E-state index contributed by atoms with van der Waals surface area (Å²) in [5.41, 5.74) is 3.93. The van der Waals surface area contributed by atoms with Crippen molar-refractivity contribution in [2.75, 3.05) is 13.1 Å². The van der Waals surface area contributed by atoms with E-state index in [0.29, 0.717) is 30.7 Å². The number of aromatic amines is 1. The minimum atomic E-state index is -0.229. The zero-order chi connectivity index (χ0) is 21.5. The number of aromatic nitrogens is 3. The van der Waals surface area contributed by atoms with Gasteiger partial charge >= 0.3 is 0 Å². The van der Waals surface area contributed by atoms with Gasteiger partial charge in [0.15, 0.2) is 5.65 Å². The van der Waals surface area contributed by atoms with Gasteiger partial charge in [0.05, 0.1) is 29.5 Å². The second-order valence-electron chi connectivity index (χ2n) is 8.55. The summed E-state index contributed by atoms with van der Waals surface area (Å²) >= 11 is 0. The number of likely N-dealkylation sites (tertiary alicyclic amines) is 1.